The standard InChI is InChI=1S/C14H12O3/c1-9(15)7-10-3-2-4-11-8-12(14(16)17)5-6-13(10)11/h2-6,8H,7H2,1H3,(H,16,17). The Hall–Kier alpha value is -2.16. The molecule has 2 aromatic carbocycles. The molecule has 0 aromatic heterocycles. The summed E-state index contributed by atoms with van der Waals surface area (Å²) < 4.78 is 0. The zero-order valence-corrected chi connectivity index (χ0v) is 9.43. The number of carboxylic acid groups (broad SMARTS) is 1. The van der Waals surface area contributed by atoms with E-state index in [2.05, 4.69) is 0 Å². The third kappa shape index (κ3) is 2.33. The fourth-order valence-corrected chi connectivity index (χ4v) is 1.91. The number of hydrogen-bond donors (Lipinski definition) is 1. The SMILES string of the molecule is CC(=O)Cc1cccc2cc(C(=O)O)ccc12. The first-order valence-electron chi connectivity index (χ1n) is 5.32. The van der Waals surface area contributed by atoms with Crippen molar-refractivity contribution in [1.82, 2.24) is 0 Å². The highest BCUT2D eigenvalue weighted by Crippen LogP contribution is 2.21. The number of aromatic carboxylic acids is 1. The summed E-state index contributed by atoms with van der Waals surface area (Å²) in [6.07, 6.45) is 0.379. The summed E-state index contributed by atoms with van der Waals surface area (Å²) in [5.41, 5.74) is 1.20. The second kappa shape index (κ2) is 4.37. The van der Waals surface area contributed by atoms with Crippen LogP contribution < -0.4 is 0 Å². The number of rotatable bonds is 3. The number of hydrogen-bond acceptors (Lipinski definition) is 2. The Morgan fingerprint density at radius 2 is 1.94 bits per heavy atom. The van der Waals surface area contributed by atoms with Gasteiger partial charge in [0.05, 0.1) is 5.56 Å². The van der Waals surface area contributed by atoms with Gasteiger partial charge in [-0.25, -0.2) is 4.79 Å². The lowest BCUT2D eigenvalue weighted by molar-refractivity contribution is -0.116. The maximum absolute atomic E-state index is 11.1. The number of benzene rings is 2. The molecule has 0 heterocycles. The topological polar surface area (TPSA) is 54.4 Å². The van der Waals surface area contributed by atoms with Gasteiger partial charge in [0.1, 0.15) is 5.78 Å². The van der Waals surface area contributed by atoms with Crippen LogP contribution in [0.15, 0.2) is 36.4 Å². The zero-order chi connectivity index (χ0) is 12.4. The second-order valence-corrected chi connectivity index (χ2v) is 4.04. The minimum atomic E-state index is -0.941. The first kappa shape index (κ1) is 11.3. The van der Waals surface area contributed by atoms with Crippen molar-refractivity contribution in [3.05, 3.63) is 47.5 Å². The van der Waals surface area contributed by atoms with Gasteiger partial charge in [-0.2, -0.15) is 0 Å². The van der Waals surface area contributed by atoms with Gasteiger partial charge < -0.3 is 5.11 Å². The molecule has 0 saturated heterocycles. The third-order valence-electron chi connectivity index (χ3n) is 2.66. The zero-order valence-electron chi connectivity index (χ0n) is 9.43. The molecule has 3 nitrogen and oxygen atoms in total. The van der Waals surface area contributed by atoms with E-state index in [1.807, 2.05) is 18.2 Å². The molecular formula is C14H12O3. The molecule has 0 bridgehead atoms. The molecule has 0 aliphatic carbocycles. The summed E-state index contributed by atoms with van der Waals surface area (Å²) in [4.78, 5) is 22.0. The molecule has 0 aliphatic rings. The summed E-state index contributed by atoms with van der Waals surface area (Å²) in [7, 11) is 0. The van der Waals surface area contributed by atoms with Crippen molar-refractivity contribution in [2.75, 3.05) is 0 Å². The predicted octanol–water partition coefficient (Wildman–Crippen LogP) is 2.67. The number of Topliss-reactive ketones (excluding diaryl/α,β-unsaturated/α-hetero) is 1. The van der Waals surface area contributed by atoms with Crippen LogP contribution in [0.3, 0.4) is 0 Å². The van der Waals surface area contributed by atoms with Crippen LogP contribution in [0, 0.1) is 0 Å². The number of carboxylic acids is 1. The van der Waals surface area contributed by atoms with Crippen molar-refractivity contribution in [3.8, 4) is 0 Å². The van der Waals surface area contributed by atoms with E-state index in [4.69, 9.17) is 5.11 Å². The summed E-state index contributed by atoms with van der Waals surface area (Å²) in [6, 6.07) is 10.5. The Morgan fingerprint density at radius 3 is 2.59 bits per heavy atom. The molecular weight excluding hydrogens is 216 g/mol. The minimum Gasteiger partial charge on any atom is -0.478 e. The van der Waals surface area contributed by atoms with E-state index in [1.165, 1.54) is 0 Å². The quantitative estimate of drug-likeness (QED) is 0.878. The van der Waals surface area contributed by atoms with Crippen molar-refractivity contribution in [1.29, 1.82) is 0 Å². The largest absolute Gasteiger partial charge is 0.478 e. The van der Waals surface area contributed by atoms with E-state index in [0.717, 1.165) is 16.3 Å². The van der Waals surface area contributed by atoms with Crippen molar-refractivity contribution in [2.45, 2.75) is 13.3 Å². The smallest absolute Gasteiger partial charge is 0.335 e. The van der Waals surface area contributed by atoms with Crippen molar-refractivity contribution >= 4 is 22.5 Å². The summed E-state index contributed by atoms with van der Waals surface area (Å²) in [6.45, 7) is 1.55. The van der Waals surface area contributed by atoms with Gasteiger partial charge in [0.25, 0.3) is 0 Å². The Labute approximate surface area is 98.7 Å². The van der Waals surface area contributed by atoms with Crippen LogP contribution in [-0.4, -0.2) is 16.9 Å². The molecule has 2 aromatic rings. The molecule has 17 heavy (non-hydrogen) atoms. The molecule has 0 spiro atoms. The van der Waals surface area contributed by atoms with Crippen molar-refractivity contribution in [3.63, 3.8) is 0 Å². The third-order valence-corrected chi connectivity index (χ3v) is 2.66. The highest BCUT2D eigenvalue weighted by atomic mass is 16.4. The monoisotopic (exact) mass is 228 g/mol. The number of carbonyl (C=O) groups is 2. The van der Waals surface area contributed by atoms with Gasteiger partial charge in [-0.3, -0.25) is 4.79 Å². The van der Waals surface area contributed by atoms with E-state index in [-0.39, 0.29) is 11.3 Å². The molecule has 1 N–H and O–H groups in total. The van der Waals surface area contributed by atoms with Crippen LogP contribution in [0.5, 0.6) is 0 Å². The molecule has 0 aliphatic heterocycles. The van der Waals surface area contributed by atoms with Gasteiger partial charge in [0.15, 0.2) is 0 Å². The van der Waals surface area contributed by atoms with E-state index >= 15 is 0 Å². The lowest BCUT2D eigenvalue weighted by atomic mass is 9.99. The van der Waals surface area contributed by atoms with Gasteiger partial charge in [-0.15, -0.1) is 0 Å². The average Bonchev–Trinajstić information content (AvgIpc) is 2.28. The molecule has 0 saturated carbocycles. The summed E-state index contributed by atoms with van der Waals surface area (Å²) >= 11 is 0. The van der Waals surface area contributed by atoms with Crippen LogP contribution in [0.1, 0.15) is 22.8 Å². The predicted molar refractivity (Wildman–Crippen MR) is 65.3 cm³/mol. The van der Waals surface area contributed by atoms with E-state index < -0.39 is 5.97 Å². The fourth-order valence-electron chi connectivity index (χ4n) is 1.91. The first-order chi connectivity index (χ1) is 8.08. The van der Waals surface area contributed by atoms with Gasteiger partial charge in [0.2, 0.25) is 0 Å². The summed E-state index contributed by atoms with van der Waals surface area (Å²) in [5, 5.41) is 10.7. The Balaban J connectivity index is 2.58. The number of fused-ring (bicyclic) bond motifs is 1. The van der Waals surface area contributed by atoms with Gasteiger partial charge in [0, 0.05) is 6.42 Å². The average molecular weight is 228 g/mol. The molecule has 0 radical (unpaired) electrons. The highest BCUT2D eigenvalue weighted by molar-refractivity contribution is 5.96. The van der Waals surface area contributed by atoms with Crippen LogP contribution in [0.2, 0.25) is 0 Å². The van der Waals surface area contributed by atoms with Crippen LogP contribution in [-0.2, 0) is 11.2 Å². The molecule has 0 amide bonds. The molecule has 3 heteroatoms. The lowest BCUT2D eigenvalue weighted by Crippen LogP contribution is -1.99. The fraction of sp³-hybridized carbons (Fsp3) is 0.143. The van der Waals surface area contributed by atoms with E-state index in [1.54, 1.807) is 25.1 Å². The Morgan fingerprint density at radius 1 is 1.18 bits per heavy atom. The molecule has 0 atom stereocenters. The highest BCUT2D eigenvalue weighted by Gasteiger charge is 2.07. The maximum atomic E-state index is 11.1. The van der Waals surface area contributed by atoms with E-state index in [9.17, 15) is 9.59 Å². The molecule has 86 valence electrons. The lowest BCUT2D eigenvalue weighted by Gasteiger charge is -2.05. The summed E-state index contributed by atoms with van der Waals surface area (Å²) in [5.74, 6) is -0.844. The van der Waals surface area contributed by atoms with Crippen LogP contribution >= 0.6 is 0 Å². The molecule has 2 rings (SSSR count). The molecule has 0 unspecified atom stereocenters. The minimum absolute atomic E-state index is 0.0970. The van der Waals surface area contributed by atoms with Crippen LogP contribution in [0.25, 0.3) is 10.8 Å². The van der Waals surface area contributed by atoms with Crippen molar-refractivity contribution in [2.24, 2.45) is 0 Å². The number of carbonyl (C=O) groups excluding carboxylic acids is 1. The van der Waals surface area contributed by atoms with Gasteiger partial charge >= 0.3 is 5.97 Å². The molecule has 0 fully saturated rings. The number of ketones is 1. The first-order valence-corrected chi connectivity index (χ1v) is 5.32. The Bertz CT molecular complexity index is 599. The van der Waals surface area contributed by atoms with Crippen LogP contribution in [0.4, 0.5) is 0 Å². The van der Waals surface area contributed by atoms with Crippen molar-refractivity contribution < 1.29 is 14.7 Å². The Kier molecular flexibility index (Phi) is 2.91. The van der Waals surface area contributed by atoms with Gasteiger partial charge in [-0.1, -0.05) is 24.3 Å². The maximum Gasteiger partial charge on any atom is 0.335 e. The van der Waals surface area contributed by atoms with E-state index in [0.29, 0.717) is 6.42 Å². The van der Waals surface area contributed by atoms with Gasteiger partial charge in [-0.05, 0) is 35.4 Å². The second-order valence-electron chi connectivity index (χ2n) is 4.04. The normalized spacial score (nSPS) is 10.4.